The van der Waals surface area contributed by atoms with Crippen molar-refractivity contribution in [2.75, 3.05) is 14.2 Å². The lowest BCUT2D eigenvalue weighted by Crippen LogP contribution is -2.19. The average Bonchev–Trinajstić information content (AvgIpc) is 1.83. The fourth-order valence-corrected chi connectivity index (χ4v) is 1.44. The molecular formula is C5H13O2Si. The highest BCUT2D eigenvalue weighted by atomic mass is 28.3. The molecule has 49 valence electrons. The third-order valence-electron chi connectivity index (χ3n) is 0.893. The molecule has 8 heavy (non-hydrogen) atoms. The van der Waals surface area contributed by atoms with Gasteiger partial charge in [0, 0.05) is 20.3 Å². The Morgan fingerprint density at radius 3 is 2.00 bits per heavy atom. The summed E-state index contributed by atoms with van der Waals surface area (Å²) < 4.78 is 10.0. The lowest BCUT2D eigenvalue weighted by Gasteiger charge is -2.07. The van der Waals surface area contributed by atoms with Crippen molar-refractivity contribution in [3.8, 4) is 0 Å². The van der Waals surface area contributed by atoms with E-state index in [9.17, 15) is 0 Å². The van der Waals surface area contributed by atoms with Gasteiger partial charge in [-0.15, -0.1) is 0 Å². The van der Waals surface area contributed by atoms with Crippen LogP contribution in [0.3, 0.4) is 0 Å². The molecule has 0 aliphatic heterocycles. The zero-order valence-corrected chi connectivity index (χ0v) is 6.83. The Hall–Kier alpha value is 0.137. The smallest absolute Gasteiger partial charge is 0.324 e. The molecule has 3 heteroatoms. The van der Waals surface area contributed by atoms with Gasteiger partial charge in [0.1, 0.15) is 0 Å². The number of hydrogen-bond acceptors (Lipinski definition) is 2. The third kappa shape index (κ3) is 3.18. The van der Waals surface area contributed by atoms with Crippen molar-refractivity contribution in [1.82, 2.24) is 0 Å². The van der Waals surface area contributed by atoms with E-state index in [0.29, 0.717) is 0 Å². The molecule has 0 saturated heterocycles. The first-order valence-electron chi connectivity index (χ1n) is 2.74. The molecule has 0 atom stereocenters. The maximum atomic E-state index is 5.00. The zero-order valence-electron chi connectivity index (χ0n) is 5.68. The Bertz CT molecular complexity index is 45.7. The van der Waals surface area contributed by atoms with Gasteiger partial charge in [0.15, 0.2) is 0 Å². The molecule has 0 unspecified atom stereocenters. The van der Waals surface area contributed by atoms with Gasteiger partial charge in [0.2, 0.25) is 0 Å². The van der Waals surface area contributed by atoms with Crippen LogP contribution >= 0.6 is 0 Å². The number of rotatable bonds is 4. The minimum absolute atomic E-state index is 1.04. The SMILES string of the molecule is CC[CH][SiH](OC)OC. The van der Waals surface area contributed by atoms with Gasteiger partial charge in [-0.2, -0.15) is 0 Å². The van der Waals surface area contributed by atoms with E-state index in [4.69, 9.17) is 8.85 Å². The van der Waals surface area contributed by atoms with Gasteiger partial charge in [0.25, 0.3) is 0 Å². The summed E-state index contributed by atoms with van der Waals surface area (Å²) in [6, 6.07) is 2.10. The van der Waals surface area contributed by atoms with Crippen LogP contribution in [0.4, 0.5) is 0 Å². The normalized spacial score (nSPS) is 10.5. The van der Waals surface area contributed by atoms with E-state index in [1.54, 1.807) is 14.2 Å². The summed E-state index contributed by atoms with van der Waals surface area (Å²) in [5.74, 6) is 0. The molecule has 0 aromatic carbocycles. The van der Waals surface area contributed by atoms with Crippen molar-refractivity contribution in [1.29, 1.82) is 0 Å². The highest BCUT2D eigenvalue weighted by Gasteiger charge is 2.05. The predicted octanol–water partition coefficient (Wildman–Crippen LogP) is 0.653. The molecule has 1 radical (unpaired) electrons. The van der Waals surface area contributed by atoms with E-state index >= 15 is 0 Å². The minimum Gasteiger partial charge on any atom is -0.400 e. The van der Waals surface area contributed by atoms with Crippen LogP contribution in [0.2, 0.25) is 0 Å². The summed E-state index contributed by atoms with van der Waals surface area (Å²) in [6.45, 7) is 2.08. The van der Waals surface area contributed by atoms with Crippen molar-refractivity contribution in [3.63, 3.8) is 0 Å². The fraction of sp³-hybridized carbons (Fsp3) is 0.800. The van der Waals surface area contributed by atoms with Crippen LogP contribution in [0, 0.1) is 6.04 Å². The molecule has 0 heterocycles. The van der Waals surface area contributed by atoms with Crippen LogP contribution in [0.15, 0.2) is 0 Å². The molecular weight excluding hydrogens is 120 g/mol. The second-order valence-corrected chi connectivity index (χ2v) is 3.63. The standard InChI is InChI=1S/C5H13O2Si/c1-4-5-8(6-2)7-3/h5,8H,4H2,1-3H3. The van der Waals surface area contributed by atoms with Crippen molar-refractivity contribution in [2.45, 2.75) is 13.3 Å². The Kier molecular flexibility index (Phi) is 5.37. The topological polar surface area (TPSA) is 18.5 Å². The van der Waals surface area contributed by atoms with Gasteiger partial charge < -0.3 is 8.85 Å². The van der Waals surface area contributed by atoms with Crippen molar-refractivity contribution in [2.24, 2.45) is 0 Å². The Balaban J connectivity index is 3.07. The van der Waals surface area contributed by atoms with Gasteiger partial charge in [-0.05, 0) is 0 Å². The molecule has 0 fully saturated rings. The van der Waals surface area contributed by atoms with E-state index in [1.807, 2.05) is 0 Å². The van der Waals surface area contributed by atoms with Gasteiger partial charge in [0.05, 0.1) is 0 Å². The zero-order chi connectivity index (χ0) is 6.41. The summed E-state index contributed by atoms with van der Waals surface area (Å²) in [5.41, 5.74) is 0. The predicted molar refractivity (Wildman–Crippen MR) is 35.8 cm³/mol. The second kappa shape index (κ2) is 5.28. The van der Waals surface area contributed by atoms with E-state index < -0.39 is 9.28 Å². The van der Waals surface area contributed by atoms with Crippen LogP contribution in [0.1, 0.15) is 13.3 Å². The molecule has 0 N–H and O–H groups in total. The first-order valence-corrected chi connectivity index (χ1v) is 4.35. The Labute approximate surface area is 52.7 Å². The summed E-state index contributed by atoms with van der Waals surface area (Å²) in [4.78, 5) is 0. The molecule has 0 spiro atoms. The van der Waals surface area contributed by atoms with Crippen molar-refractivity contribution < 1.29 is 8.85 Å². The fourth-order valence-electron chi connectivity index (χ4n) is 0.481. The van der Waals surface area contributed by atoms with Crippen LogP contribution in [0.5, 0.6) is 0 Å². The Morgan fingerprint density at radius 1 is 1.38 bits per heavy atom. The molecule has 2 nitrogen and oxygen atoms in total. The first-order chi connectivity index (χ1) is 3.85. The van der Waals surface area contributed by atoms with Gasteiger partial charge >= 0.3 is 9.28 Å². The van der Waals surface area contributed by atoms with Gasteiger partial charge in [-0.1, -0.05) is 13.3 Å². The van der Waals surface area contributed by atoms with Crippen LogP contribution in [0.25, 0.3) is 0 Å². The van der Waals surface area contributed by atoms with E-state index in [2.05, 4.69) is 13.0 Å². The quantitative estimate of drug-likeness (QED) is 0.524. The summed E-state index contributed by atoms with van der Waals surface area (Å²) in [5, 5.41) is 0. The highest BCUT2D eigenvalue weighted by Crippen LogP contribution is 1.92. The van der Waals surface area contributed by atoms with Gasteiger partial charge in [-0.3, -0.25) is 0 Å². The molecule has 0 rings (SSSR count). The molecule has 0 saturated carbocycles. The highest BCUT2D eigenvalue weighted by molar-refractivity contribution is 6.48. The second-order valence-electron chi connectivity index (χ2n) is 1.48. The van der Waals surface area contributed by atoms with E-state index in [0.717, 1.165) is 6.42 Å². The first kappa shape index (κ1) is 8.14. The number of hydrogen-bond donors (Lipinski definition) is 0. The Morgan fingerprint density at radius 2 is 1.88 bits per heavy atom. The lowest BCUT2D eigenvalue weighted by molar-refractivity contribution is 0.285. The van der Waals surface area contributed by atoms with Gasteiger partial charge in [-0.25, -0.2) is 0 Å². The van der Waals surface area contributed by atoms with Crippen molar-refractivity contribution in [3.05, 3.63) is 6.04 Å². The summed E-state index contributed by atoms with van der Waals surface area (Å²) in [6.07, 6.45) is 1.04. The van der Waals surface area contributed by atoms with Crippen molar-refractivity contribution >= 4 is 9.28 Å². The summed E-state index contributed by atoms with van der Waals surface area (Å²) in [7, 11) is 2.06. The van der Waals surface area contributed by atoms with Crippen LogP contribution in [-0.2, 0) is 8.85 Å². The van der Waals surface area contributed by atoms with E-state index in [1.165, 1.54) is 0 Å². The van der Waals surface area contributed by atoms with Crippen LogP contribution in [-0.4, -0.2) is 23.5 Å². The average molecular weight is 133 g/mol. The lowest BCUT2D eigenvalue weighted by atomic mass is 10.6. The molecule has 0 aliphatic carbocycles. The summed E-state index contributed by atoms with van der Waals surface area (Å²) >= 11 is 0. The maximum absolute atomic E-state index is 5.00. The van der Waals surface area contributed by atoms with Crippen LogP contribution < -0.4 is 0 Å². The monoisotopic (exact) mass is 133 g/mol. The molecule has 0 aliphatic rings. The molecule has 0 bridgehead atoms. The molecule has 0 amide bonds. The minimum atomic E-state index is -1.32. The molecule has 0 aromatic heterocycles. The largest absolute Gasteiger partial charge is 0.400 e. The maximum Gasteiger partial charge on any atom is 0.324 e. The third-order valence-corrected chi connectivity index (χ3v) is 2.68. The molecule has 0 aromatic rings. The van der Waals surface area contributed by atoms with E-state index in [-0.39, 0.29) is 0 Å².